The Labute approximate surface area is 218 Å². The fourth-order valence-electron chi connectivity index (χ4n) is 5.03. The van der Waals surface area contributed by atoms with Gasteiger partial charge in [0.15, 0.2) is 0 Å². The van der Waals surface area contributed by atoms with Crippen molar-refractivity contribution in [2.45, 2.75) is 38.6 Å². The van der Waals surface area contributed by atoms with Gasteiger partial charge >= 0.3 is 6.09 Å². The lowest BCUT2D eigenvalue weighted by Gasteiger charge is -2.40. The molecule has 0 spiro atoms. The van der Waals surface area contributed by atoms with E-state index in [4.69, 9.17) is 4.74 Å². The fraction of sp³-hybridized carbons (Fsp3) is 0.357. The van der Waals surface area contributed by atoms with Gasteiger partial charge in [0.1, 0.15) is 0 Å². The standard InChI is InChI=1S/C28H33N3O5S/c1-5-36-28(33)31-16-19(3)26(20(4)17-31)30-37(34,35)25-15-14-24(22-12-8-9-13-23(22)25)29-27(32)21-11-7-6-10-18(21)2/h6-15,19-20,26,30H,5,16-17H2,1-4H3,(H,29,32)/t19-,20+,26-. The van der Waals surface area contributed by atoms with E-state index in [1.54, 1.807) is 48.2 Å². The summed E-state index contributed by atoms with van der Waals surface area (Å²) in [6, 6.07) is 17.2. The van der Waals surface area contributed by atoms with Crippen molar-refractivity contribution in [1.29, 1.82) is 0 Å². The van der Waals surface area contributed by atoms with Crippen LogP contribution in [0.2, 0.25) is 0 Å². The number of anilines is 1. The van der Waals surface area contributed by atoms with Crippen LogP contribution in [0.15, 0.2) is 65.6 Å². The molecule has 0 bridgehead atoms. The highest BCUT2D eigenvalue weighted by Gasteiger charge is 2.37. The van der Waals surface area contributed by atoms with E-state index < -0.39 is 10.0 Å². The van der Waals surface area contributed by atoms with Crippen LogP contribution in [0, 0.1) is 18.8 Å². The molecule has 0 aliphatic carbocycles. The largest absolute Gasteiger partial charge is 0.450 e. The molecule has 3 atom stereocenters. The van der Waals surface area contributed by atoms with E-state index in [1.807, 2.05) is 39.0 Å². The van der Waals surface area contributed by atoms with Crippen LogP contribution in [0.25, 0.3) is 10.8 Å². The van der Waals surface area contributed by atoms with Gasteiger partial charge in [0.25, 0.3) is 5.91 Å². The monoisotopic (exact) mass is 523 g/mol. The second kappa shape index (κ2) is 10.9. The van der Waals surface area contributed by atoms with Crippen LogP contribution in [0.3, 0.4) is 0 Å². The van der Waals surface area contributed by atoms with Crippen molar-refractivity contribution in [3.63, 3.8) is 0 Å². The number of amides is 2. The number of rotatable bonds is 6. The Hall–Kier alpha value is -3.43. The molecule has 0 saturated carbocycles. The maximum atomic E-state index is 13.6. The topological polar surface area (TPSA) is 105 Å². The number of carbonyl (C=O) groups excluding carboxylic acids is 2. The molecule has 2 amide bonds. The van der Waals surface area contributed by atoms with E-state index >= 15 is 0 Å². The van der Waals surface area contributed by atoms with E-state index in [9.17, 15) is 18.0 Å². The number of nitrogens with one attached hydrogen (secondary N) is 2. The van der Waals surface area contributed by atoms with Gasteiger partial charge in [0.2, 0.25) is 10.0 Å². The number of likely N-dealkylation sites (tertiary alicyclic amines) is 1. The zero-order valence-corrected chi connectivity index (χ0v) is 22.3. The van der Waals surface area contributed by atoms with Gasteiger partial charge in [0, 0.05) is 41.2 Å². The van der Waals surface area contributed by atoms with Gasteiger partial charge in [-0.25, -0.2) is 17.9 Å². The van der Waals surface area contributed by atoms with Crippen molar-refractivity contribution in [3.8, 4) is 0 Å². The first-order chi connectivity index (χ1) is 17.6. The second-order valence-corrected chi connectivity index (χ2v) is 11.3. The molecular weight excluding hydrogens is 490 g/mol. The highest BCUT2D eigenvalue weighted by atomic mass is 32.2. The number of ether oxygens (including phenoxy) is 1. The molecule has 0 radical (unpaired) electrons. The van der Waals surface area contributed by atoms with Crippen LogP contribution in [0.4, 0.5) is 10.5 Å². The molecule has 3 aromatic carbocycles. The quantitative estimate of drug-likeness (QED) is 0.483. The van der Waals surface area contributed by atoms with Crippen LogP contribution >= 0.6 is 0 Å². The molecule has 2 N–H and O–H groups in total. The van der Waals surface area contributed by atoms with E-state index in [1.165, 1.54) is 6.07 Å². The van der Waals surface area contributed by atoms with E-state index in [-0.39, 0.29) is 34.8 Å². The third kappa shape index (κ3) is 5.62. The Bertz CT molecular complexity index is 1410. The third-order valence-corrected chi connectivity index (χ3v) is 8.39. The van der Waals surface area contributed by atoms with Gasteiger partial charge in [-0.2, -0.15) is 0 Å². The van der Waals surface area contributed by atoms with Crippen LogP contribution < -0.4 is 10.0 Å². The average molecular weight is 524 g/mol. The lowest BCUT2D eigenvalue weighted by atomic mass is 9.87. The summed E-state index contributed by atoms with van der Waals surface area (Å²) in [4.78, 5) is 26.9. The molecule has 4 rings (SSSR count). The lowest BCUT2D eigenvalue weighted by Crippen LogP contribution is -2.56. The van der Waals surface area contributed by atoms with Gasteiger partial charge in [-0.15, -0.1) is 0 Å². The number of aryl methyl sites for hydroxylation is 1. The average Bonchev–Trinajstić information content (AvgIpc) is 2.86. The molecule has 1 aliphatic heterocycles. The Kier molecular flexibility index (Phi) is 7.85. The normalized spacial score (nSPS) is 20.0. The molecule has 9 heteroatoms. The molecule has 37 heavy (non-hydrogen) atoms. The summed E-state index contributed by atoms with van der Waals surface area (Å²) < 4.78 is 35.3. The zero-order valence-electron chi connectivity index (χ0n) is 21.5. The summed E-state index contributed by atoms with van der Waals surface area (Å²) in [7, 11) is -3.90. The Balaban J connectivity index is 1.60. The Morgan fingerprint density at radius 1 is 0.946 bits per heavy atom. The number of nitrogens with zero attached hydrogens (tertiary/aromatic N) is 1. The summed E-state index contributed by atoms with van der Waals surface area (Å²) >= 11 is 0. The number of piperidine rings is 1. The lowest BCUT2D eigenvalue weighted by molar-refractivity contribution is 0.0680. The molecule has 1 heterocycles. The molecule has 196 valence electrons. The summed E-state index contributed by atoms with van der Waals surface area (Å²) in [5, 5.41) is 4.08. The van der Waals surface area contributed by atoms with Crippen LogP contribution in [0.5, 0.6) is 0 Å². The first-order valence-corrected chi connectivity index (χ1v) is 13.9. The molecule has 3 aromatic rings. The van der Waals surface area contributed by atoms with Crippen LogP contribution in [-0.2, 0) is 14.8 Å². The second-order valence-electron chi connectivity index (χ2n) is 9.63. The molecule has 1 saturated heterocycles. The molecule has 0 aromatic heterocycles. The summed E-state index contributed by atoms with van der Waals surface area (Å²) in [6.45, 7) is 8.59. The van der Waals surface area contributed by atoms with Crippen LogP contribution in [-0.4, -0.2) is 51.1 Å². The fourth-order valence-corrected chi connectivity index (χ4v) is 6.69. The van der Waals surface area contributed by atoms with Gasteiger partial charge in [-0.1, -0.05) is 56.3 Å². The van der Waals surface area contributed by atoms with Gasteiger partial charge < -0.3 is 15.0 Å². The number of benzene rings is 3. The summed E-state index contributed by atoms with van der Waals surface area (Å²) in [5.74, 6) is -0.475. The van der Waals surface area contributed by atoms with Crippen molar-refractivity contribution in [3.05, 3.63) is 71.8 Å². The minimum atomic E-state index is -3.90. The molecule has 0 unspecified atom stereocenters. The Morgan fingerprint density at radius 2 is 1.57 bits per heavy atom. The van der Waals surface area contributed by atoms with Gasteiger partial charge in [-0.05, 0) is 49.4 Å². The van der Waals surface area contributed by atoms with Crippen molar-refractivity contribution < 1.29 is 22.7 Å². The number of hydrogen-bond donors (Lipinski definition) is 2. The highest BCUT2D eigenvalue weighted by molar-refractivity contribution is 7.89. The van der Waals surface area contributed by atoms with Gasteiger partial charge in [-0.3, -0.25) is 4.79 Å². The summed E-state index contributed by atoms with van der Waals surface area (Å²) in [6.07, 6.45) is -0.378. The first-order valence-electron chi connectivity index (χ1n) is 12.4. The van der Waals surface area contributed by atoms with Crippen molar-refractivity contribution in [1.82, 2.24) is 9.62 Å². The van der Waals surface area contributed by atoms with Crippen molar-refractivity contribution in [2.75, 3.05) is 25.0 Å². The SMILES string of the molecule is CCOC(=O)N1C[C@@H](C)[C@@H](NS(=O)(=O)c2ccc(NC(=O)c3ccccc3C)c3ccccc23)[C@@H](C)C1. The van der Waals surface area contributed by atoms with Crippen molar-refractivity contribution in [2.24, 2.45) is 11.8 Å². The van der Waals surface area contributed by atoms with Gasteiger partial charge in [0.05, 0.1) is 11.5 Å². The molecule has 8 nitrogen and oxygen atoms in total. The smallest absolute Gasteiger partial charge is 0.409 e. The van der Waals surface area contributed by atoms with E-state index in [0.717, 1.165) is 5.56 Å². The number of hydrogen-bond acceptors (Lipinski definition) is 5. The molecular formula is C28H33N3O5S. The molecule has 1 aliphatic rings. The van der Waals surface area contributed by atoms with Crippen molar-refractivity contribution >= 4 is 38.5 Å². The van der Waals surface area contributed by atoms with Crippen LogP contribution in [0.1, 0.15) is 36.7 Å². The summed E-state index contributed by atoms with van der Waals surface area (Å²) in [5.41, 5.74) is 1.94. The maximum absolute atomic E-state index is 13.6. The van der Waals surface area contributed by atoms with E-state index in [0.29, 0.717) is 41.7 Å². The molecule has 1 fully saturated rings. The minimum Gasteiger partial charge on any atom is -0.450 e. The minimum absolute atomic E-state index is 0.109. The predicted octanol–water partition coefficient (Wildman–Crippen LogP) is 4.79. The zero-order chi connectivity index (χ0) is 26.7. The van der Waals surface area contributed by atoms with E-state index in [2.05, 4.69) is 10.0 Å². The predicted molar refractivity (Wildman–Crippen MR) is 144 cm³/mol. The maximum Gasteiger partial charge on any atom is 0.409 e. The third-order valence-electron chi connectivity index (χ3n) is 6.87. The first kappa shape index (κ1) is 26.6. The number of fused-ring (bicyclic) bond motifs is 1. The number of carbonyl (C=O) groups is 2. The highest BCUT2D eigenvalue weighted by Crippen LogP contribution is 2.31. The Morgan fingerprint density at radius 3 is 2.22 bits per heavy atom. The number of sulfonamides is 1.